The van der Waals surface area contributed by atoms with Crippen molar-refractivity contribution >= 4 is 22.8 Å². The number of hydrogen-bond acceptors (Lipinski definition) is 6. The highest BCUT2D eigenvalue weighted by Crippen LogP contribution is 2.39. The zero-order valence-electron chi connectivity index (χ0n) is 13.3. The van der Waals surface area contributed by atoms with Crippen LogP contribution in [0.15, 0.2) is 23.3 Å². The van der Waals surface area contributed by atoms with Gasteiger partial charge in [0.1, 0.15) is 5.69 Å². The van der Waals surface area contributed by atoms with Gasteiger partial charge in [-0.2, -0.15) is 5.10 Å². The van der Waals surface area contributed by atoms with E-state index in [4.69, 9.17) is 0 Å². The minimum absolute atomic E-state index is 0.191. The molecule has 1 N–H and O–H groups in total. The van der Waals surface area contributed by atoms with Crippen molar-refractivity contribution in [1.29, 1.82) is 0 Å². The van der Waals surface area contributed by atoms with Crippen LogP contribution in [0.3, 0.4) is 0 Å². The molecule has 128 valence electrons. The summed E-state index contributed by atoms with van der Waals surface area (Å²) in [4.78, 5) is 20.7. The summed E-state index contributed by atoms with van der Waals surface area (Å²) >= 11 is 0. The number of nitro groups is 2. The standard InChI is InChI=1S/C16H20N4O4/c21-19(22)12-8-9-15(16(10-12)20(23)24)18-17-14-7-3-5-11-4-1-2-6-13(11)14/h8-11,13,18H,1-7H2/b17-14+/t11-,13+/m1/s1. The van der Waals surface area contributed by atoms with Crippen molar-refractivity contribution in [2.75, 3.05) is 5.43 Å². The first-order chi connectivity index (χ1) is 11.6. The monoisotopic (exact) mass is 332 g/mol. The number of hydrazone groups is 1. The van der Waals surface area contributed by atoms with Gasteiger partial charge in [0.25, 0.3) is 5.69 Å². The largest absolute Gasteiger partial charge is 0.301 e. The van der Waals surface area contributed by atoms with Crippen LogP contribution in [0, 0.1) is 32.1 Å². The molecule has 2 fully saturated rings. The number of non-ortho nitro benzene ring substituents is 1. The topological polar surface area (TPSA) is 111 Å². The third-order valence-electron chi connectivity index (χ3n) is 5.05. The summed E-state index contributed by atoms with van der Waals surface area (Å²) in [6.07, 6.45) is 8.10. The van der Waals surface area contributed by atoms with Gasteiger partial charge in [-0.05, 0) is 44.1 Å². The molecule has 2 aliphatic carbocycles. The average Bonchev–Trinajstić information content (AvgIpc) is 2.59. The quantitative estimate of drug-likeness (QED) is 0.654. The molecule has 0 unspecified atom stereocenters. The first kappa shape index (κ1) is 16.4. The summed E-state index contributed by atoms with van der Waals surface area (Å²) < 4.78 is 0. The lowest BCUT2D eigenvalue weighted by atomic mass is 9.70. The molecule has 0 bridgehead atoms. The molecule has 2 saturated carbocycles. The Bertz CT molecular complexity index is 687. The van der Waals surface area contributed by atoms with Crippen molar-refractivity contribution in [1.82, 2.24) is 0 Å². The Labute approximate surface area is 139 Å². The van der Waals surface area contributed by atoms with Gasteiger partial charge in [0, 0.05) is 17.7 Å². The number of fused-ring (bicyclic) bond motifs is 1. The summed E-state index contributed by atoms with van der Waals surface area (Å²) in [6, 6.07) is 3.56. The maximum atomic E-state index is 11.2. The minimum Gasteiger partial charge on any atom is -0.272 e. The number of anilines is 1. The molecule has 0 spiro atoms. The molecule has 24 heavy (non-hydrogen) atoms. The molecule has 0 aliphatic heterocycles. The van der Waals surface area contributed by atoms with Crippen molar-refractivity contribution < 1.29 is 9.85 Å². The third-order valence-corrected chi connectivity index (χ3v) is 5.05. The van der Waals surface area contributed by atoms with E-state index < -0.39 is 9.85 Å². The van der Waals surface area contributed by atoms with Crippen LogP contribution < -0.4 is 5.43 Å². The van der Waals surface area contributed by atoms with Crippen LogP contribution in [-0.4, -0.2) is 15.6 Å². The molecule has 0 radical (unpaired) electrons. The fraction of sp³-hybridized carbons (Fsp3) is 0.562. The zero-order chi connectivity index (χ0) is 17.1. The van der Waals surface area contributed by atoms with Crippen LogP contribution in [0.1, 0.15) is 44.9 Å². The summed E-state index contributed by atoms with van der Waals surface area (Å²) in [5.41, 5.74) is 3.43. The smallest absolute Gasteiger partial charge is 0.272 e. The molecule has 0 heterocycles. The van der Waals surface area contributed by atoms with E-state index >= 15 is 0 Å². The normalized spacial score (nSPS) is 25.1. The molecule has 8 heteroatoms. The molecule has 1 aromatic rings. The molecule has 1 aromatic carbocycles. The number of benzene rings is 1. The predicted octanol–water partition coefficient (Wildman–Crippen LogP) is 4.26. The molecule has 2 atom stereocenters. The van der Waals surface area contributed by atoms with E-state index in [1.54, 1.807) is 0 Å². The number of hydrogen-bond donors (Lipinski definition) is 1. The Morgan fingerprint density at radius 3 is 2.54 bits per heavy atom. The summed E-state index contributed by atoms with van der Waals surface area (Å²) in [5.74, 6) is 1.15. The molecule has 3 rings (SSSR count). The third kappa shape index (κ3) is 3.37. The van der Waals surface area contributed by atoms with E-state index in [9.17, 15) is 20.2 Å². The van der Waals surface area contributed by atoms with Gasteiger partial charge in [0.2, 0.25) is 0 Å². The molecule has 0 aromatic heterocycles. The number of nitro benzene ring substituents is 2. The number of nitrogens with one attached hydrogen (secondary N) is 1. The highest BCUT2D eigenvalue weighted by Gasteiger charge is 2.32. The van der Waals surface area contributed by atoms with Crippen LogP contribution in [-0.2, 0) is 0 Å². The van der Waals surface area contributed by atoms with Crippen LogP contribution in [0.2, 0.25) is 0 Å². The van der Waals surface area contributed by atoms with Crippen molar-refractivity contribution in [2.24, 2.45) is 16.9 Å². The van der Waals surface area contributed by atoms with Crippen molar-refractivity contribution in [3.05, 3.63) is 38.4 Å². The van der Waals surface area contributed by atoms with Crippen molar-refractivity contribution in [3.63, 3.8) is 0 Å². The average molecular weight is 332 g/mol. The highest BCUT2D eigenvalue weighted by molar-refractivity contribution is 5.88. The van der Waals surface area contributed by atoms with Crippen LogP contribution >= 0.6 is 0 Å². The van der Waals surface area contributed by atoms with Gasteiger partial charge in [0.05, 0.1) is 15.9 Å². The molecular weight excluding hydrogens is 312 g/mol. The summed E-state index contributed by atoms with van der Waals surface area (Å²) in [7, 11) is 0. The van der Waals surface area contributed by atoms with E-state index in [2.05, 4.69) is 10.5 Å². The lowest BCUT2D eigenvalue weighted by molar-refractivity contribution is -0.393. The first-order valence-electron chi connectivity index (χ1n) is 8.31. The first-order valence-corrected chi connectivity index (χ1v) is 8.31. The van der Waals surface area contributed by atoms with Crippen LogP contribution in [0.4, 0.5) is 17.1 Å². The molecule has 0 saturated heterocycles. The second-order valence-electron chi connectivity index (χ2n) is 6.47. The Balaban J connectivity index is 1.82. The predicted molar refractivity (Wildman–Crippen MR) is 90.1 cm³/mol. The maximum Gasteiger partial charge on any atom is 0.301 e. The van der Waals surface area contributed by atoms with Gasteiger partial charge < -0.3 is 0 Å². The van der Waals surface area contributed by atoms with E-state index in [0.717, 1.165) is 31.0 Å². The summed E-state index contributed by atoms with van der Waals surface area (Å²) in [6.45, 7) is 0. The highest BCUT2D eigenvalue weighted by atomic mass is 16.6. The zero-order valence-corrected chi connectivity index (χ0v) is 13.3. The Kier molecular flexibility index (Phi) is 4.73. The SMILES string of the molecule is O=[N+]([O-])c1ccc(N/N=C2\CCC[C@H]3CCCC[C@H]23)c([N+](=O)[O-])c1. The lowest BCUT2D eigenvalue weighted by Crippen LogP contribution is -2.31. The molecule has 2 aliphatic rings. The lowest BCUT2D eigenvalue weighted by Gasteiger charge is -2.36. The van der Waals surface area contributed by atoms with E-state index in [1.165, 1.54) is 37.8 Å². The van der Waals surface area contributed by atoms with Crippen molar-refractivity contribution in [2.45, 2.75) is 44.9 Å². The Morgan fingerprint density at radius 1 is 1.04 bits per heavy atom. The molecular formula is C16H20N4O4. The van der Waals surface area contributed by atoms with Gasteiger partial charge in [-0.25, -0.2) is 0 Å². The van der Waals surface area contributed by atoms with Gasteiger partial charge in [-0.15, -0.1) is 0 Å². The minimum atomic E-state index is -0.642. The van der Waals surface area contributed by atoms with E-state index in [-0.39, 0.29) is 17.1 Å². The van der Waals surface area contributed by atoms with E-state index in [1.807, 2.05) is 0 Å². The maximum absolute atomic E-state index is 11.2. The van der Waals surface area contributed by atoms with Crippen LogP contribution in [0.5, 0.6) is 0 Å². The van der Waals surface area contributed by atoms with Gasteiger partial charge in [-0.1, -0.05) is 12.8 Å². The van der Waals surface area contributed by atoms with E-state index in [0.29, 0.717) is 11.8 Å². The van der Waals surface area contributed by atoms with Crippen LogP contribution in [0.25, 0.3) is 0 Å². The molecule has 8 nitrogen and oxygen atoms in total. The fourth-order valence-electron chi connectivity index (χ4n) is 3.87. The number of nitrogens with zero attached hydrogens (tertiary/aromatic N) is 3. The molecule has 0 amide bonds. The second-order valence-corrected chi connectivity index (χ2v) is 6.47. The van der Waals surface area contributed by atoms with Gasteiger partial charge in [0.15, 0.2) is 0 Å². The van der Waals surface area contributed by atoms with Crippen molar-refractivity contribution in [3.8, 4) is 0 Å². The second kappa shape index (κ2) is 6.94. The summed E-state index contributed by atoms with van der Waals surface area (Å²) in [5, 5.41) is 26.4. The Morgan fingerprint density at radius 2 is 1.79 bits per heavy atom. The fourth-order valence-corrected chi connectivity index (χ4v) is 3.87. The van der Waals surface area contributed by atoms with Gasteiger partial charge in [-0.3, -0.25) is 25.7 Å². The number of rotatable bonds is 4. The Hall–Kier alpha value is -2.51. The van der Waals surface area contributed by atoms with Gasteiger partial charge >= 0.3 is 5.69 Å².